The second-order valence-electron chi connectivity index (χ2n) is 6.46. The molecule has 1 aliphatic rings. The summed E-state index contributed by atoms with van der Waals surface area (Å²) in [5, 5.41) is 11.0. The zero-order valence-corrected chi connectivity index (χ0v) is 16.4. The van der Waals surface area contributed by atoms with Crippen LogP contribution in [0.25, 0.3) is 10.9 Å². The number of halogens is 2. The lowest BCUT2D eigenvalue weighted by Crippen LogP contribution is -2.34. The van der Waals surface area contributed by atoms with Crippen molar-refractivity contribution in [1.29, 1.82) is 0 Å². The molecule has 3 N–H and O–H groups in total. The Morgan fingerprint density at radius 3 is 2.96 bits per heavy atom. The van der Waals surface area contributed by atoms with Gasteiger partial charge in [-0.15, -0.1) is 0 Å². The van der Waals surface area contributed by atoms with E-state index in [1.807, 2.05) is 16.4 Å². The van der Waals surface area contributed by atoms with Crippen molar-refractivity contribution in [2.24, 2.45) is 0 Å². The van der Waals surface area contributed by atoms with E-state index in [2.05, 4.69) is 9.71 Å². The molecule has 0 bridgehead atoms. The number of esters is 1. The Labute approximate surface area is 169 Å². The first-order valence-corrected chi connectivity index (χ1v) is 9.65. The molecule has 0 saturated heterocycles. The summed E-state index contributed by atoms with van der Waals surface area (Å²) in [4.78, 5) is 15.8. The number of aromatic nitrogens is 1. The molecule has 9 heteroatoms. The minimum atomic E-state index is -0.680. The van der Waals surface area contributed by atoms with Crippen LogP contribution in [-0.2, 0) is 16.1 Å². The molecule has 0 radical (unpaired) electrons. The average molecular weight is 422 g/mol. The van der Waals surface area contributed by atoms with Crippen molar-refractivity contribution >= 4 is 46.3 Å². The summed E-state index contributed by atoms with van der Waals surface area (Å²) in [6.45, 7) is 0.976. The Hall–Kier alpha value is -2.42. The highest BCUT2D eigenvalue weighted by atomic mass is 35.5. The van der Waals surface area contributed by atoms with Crippen molar-refractivity contribution in [1.82, 2.24) is 9.29 Å². The Morgan fingerprint density at radius 1 is 1.39 bits per heavy atom. The highest BCUT2D eigenvalue weighted by molar-refractivity contribution is 7.98. The third-order valence-electron chi connectivity index (χ3n) is 4.68. The average Bonchev–Trinajstić information content (AvgIpc) is 3.05. The van der Waals surface area contributed by atoms with Gasteiger partial charge in [-0.05, 0) is 35.9 Å². The van der Waals surface area contributed by atoms with Crippen molar-refractivity contribution in [3.63, 3.8) is 0 Å². The van der Waals surface area contributed by atoms with Crippen LogP contribution >= 0.6 is 23.7 Å². The molecule has 6 nitrogen and oxygen atoms in total. The van der Waals surface area contributed by atoms with Gasteiger partial charge in [-0.3, -0.25) is 4.79 Å². The third kappa shape index (κ3) is 3.50. The fourth-order valence-corrected chi connectivity index (χ4v) is 4.35. The number of phenolic OH excluding ortho intramolecular Hbond substituents is 1. The van der Waals surface area contributed by atoms with E-state index in [1.165, 1.54) is 37.4 Å². The molecule has 2 heterocycles. The van der Waals surface area contributed by atoms with E-state index in [0.717, 1.165) is 22.2 Å². The van der Waals surface area contributed by atoms with Gasteiger partial charge < -0.3 is 19.5 Å². The lowest BCUT2D eigenvalue weighted by atomic mass is 9.93. The molecule has 0 spiro atoms. The number of phenols is 1. The second kappa shape index (κ2) is 7.54. The second-order valence-corrected chi connectivity index (χ2v) is 7.80. The quantitative estimate of drug-likeness (QED) is 0.428. The lowest BCUT2D eigenvalue weighted by Gasteiger charge is -2.30. The smallest absolute Gasteiger partial charge is 0.314 e. The highest BCUT2D eigenvalue weighted by Crippen LogP contribution is 2.38. The van der Waals surface area contributed by atoms with E-state index in [4.69, 9.17) is 16.3 Å². The normalized spacial score (nSPS) is 16.8. The number of H-pyrrole nitrogens is 1. The number of hydrogen-bond donors (Lipinski definition) is 3. The van der Waals surface area contributed by atoms with Gasteiger partial charge in [-0.25, -0.2) is 8.70 Å². The number of aromatic hydroxyl groups is 1. The third-order valence-corrected chi connectivity index (χ3v) is 5.77. The van der Waals surface area contributed by atoms with E-state index in [0.29, 0.717) is 23.8 Å². The number of nitrogens with zero attached hydrogens (tertiary/aromatic N) is 1. The van der Waals surface area contributed by atoms with Crippen LogP contribution in [0, 0.1) is 5.82 Å². The summed E-state index contributed by atoms with van der Waals surface area (Å²) in [5.74, 6) is -1.91. The van der Waals surface area contributed by atoms with Crippen molar-refractivity contribution in [3.05, 3.63) is 58.5 Å². The van der Waals surface area contributed by atoms with Crippen LogP contribution in [-0.4, -0.2) is 34.0 Å². The Bertz CT molecular complexity index is 1060. The van der Waals surface area contributed by atoms with E-state index < -0.39 is 17.5 Å². The van der Waals surface area contributed by atoms with Gasteiger partial charge in [0.25, 0.3) is 0 Å². The lowest BCUT2D eigenvalue weighted by molar-refractivity contribution is -0.142. The number of hydrogen-bond acceptors (Lipinski definition) is 6. The van der Waals surface area contributed by atoms with Crippen LogP contribution in [0.15, 0.2) is 36.4 Å². The molecule has 28 heavy (non-hydrogen) atoms. The predicted octanol–water partition coefficient (Wildman–Crippen LogP) is 4.41. The fraction of sp³-hybridized carbons (Fsp3) is 0.211. The van der Waals surface area contributed by atoms with Crippen LogP contribution in [0.4, 0.5) is 10.1 Å². The van der Waals surface area contributed by atoms with Crippen molar-refractivity contribution in [2.75, 3.05) is 18.4 Å². The number of ether oxygens (including phenoxy) is 1. The molecule has 1 aromatic heterocycles. The number of carbonyl (C=O) groups is 1. The van der Waals surface area contributed by atoms with Crippen LogP contribution in [0.3, 0.4) is 0 Å². The first kappa shape index (κ1) is 18.9. The summed E-state index contributed by atoms with van der Waals surface area (Å²) in [6.07, 6.45) is 0. The fourth-order valence-electron chi connectivity index (χ4n) is 3.40. The molecule has 2 aromatic carbocycles. The zero-order chi connectivity index (χ0) is 19.8. The van der Waals surface area contributed by atoms with Gasteiger partial charge in [0.2, 0.25) is 0 Å². The Balaban J connectivity index is 1.61. The number of aromatic amines is 1. The van der Waals surface area contributed by atoms with Gasteiger partial charge in [-0.2, -0.15) is 0 Å². The molecule has 1 aliphatic heterocycles. The number of methoxy groups -OCH3 is 1. The maximum atomic E-state index is 13.2. The summed E-state index contributed by atoms with van der Waals surface area (Å²) in [5.41, 5.74) is 3.27. The first-order valence-electron chi connectivity index (χ1n) is 8.50. The van der Waals surface area contributed by atoms with E-state index in [-0.39, 0.29) is 5.97 Å². The highest BCUT2D eigenvalue weighted by Gasteiger charge is 2.35. The molecule has 1 unspecified atom stereocenters. The van der Waals surface area contributed by atoms with Gasteiger partial charge >= 0.3 is 5.97 Å². The minimum absolute atomic E-state index is 0.327. The number of fused-ring (bicyclic) bond motifs is 3. The standard InChI is InChI=1S/C19H17ClFN3O3S/c1-27-19(26)13-8-24(28-23-11-3-4-14(21)17(25)7-11)9-16-18(13)12-6-10(20)2-5-15(12)22-16/h2-7,13,22-23,25H,8-9H2,1H3. The molecule has 4 rings (SSSR count). The van der Waals surface area contributed by atoms with Crippen molar-refractivity contribution < 1.29 is 19.0 Å². The van der Waals surface area contributed by atoms with Gasteiger partial charge in [0.05, 0.1) is 19.6 Å². The molecule has 146 valence electrons. The topological polar surface area (TPSA) is 77.6 Å². The summed E-state index contributed by atoms with van der Waals surface area (Å²) in [6, 6.07) is 9.56. The molecule has 0 fully saturated rings. The summed E-state index contributed by atoms with van der Waals surface area (Å²) >= 11 is 7.42. The zero-order valence-electron chi connectivity index (χ0n) is 14.8. The van der Waals surface area contributed by atoms with E-state index >= 15 is 0 Å². The predicted molar refractivity (Wildman–Crippen MR) is 108 cm³/mol. The van der Waals surface area contributed by atoms with Gasteiger partial charge in [0, 0.05) is 52.1 Å². The molecule has 1 atom stereocenters. The molecule has 0 amide bonds. The maximum Gasteiger partial charge on any atom is 0.314 e. The molecular formula is C19H17ClFN3O3S. The van der Waals surface area contributed by atoms with Crippen LogP contribution < -0.4 is 4.72 Å². The van der Waals surface area contributed by atoms with Crippen LogP contribution in [0.1, 0.15) is 17.2 Å². The summed E-state index contributed by atoms with van der Waals surface area (Å²) < 4.78 is 23.2. The minimum Gasteiger partial charge on any atom is -0.505 e. The van der Waals surface area contributed by atoms with E-state index in [1.54, 1.807) is 6.07 Å². The largest absolute Gasteiger partial charge is 0.505 e. The SMILES string of the molecule is COC(=O)C1CN(SNc2ccc(F)c(O)c2)Cc2[nH]c3ccc(Cl)cc3c21. The monoisotopic (exact) mass is 421 g/mol. The molecular weight excluding hydrogens is 405 g/mol. The van der Waals surface area contributed by atoms with Gasteiger partial charge in [0.1, 0.15) is 0 Å². The van der Waals surface area contributed by atoms with Gasteiger partial charge in [0.15, 0.2) is 11.6 Å². The first-order chi connectivity index (χ1) is 13.5. The number of anilines is 1. The molecule has 0 aliphatic carbocycles. The van der Waals surface area contributed by atoms with Crippen LogP contribution in [0.2, 0.25) is 5.02 Å². The number of carbonyl (C=O) groups excluding carboxylic acids is 1. The number of nitrogens with one attached hydrogen (secondary N) is 2. The van der Waals surface area contributed by atoms with Crippen molar-refractivity contribution in [3.8, 4) is 5.75 Å². The Morgan fingerprint density at radius 2 is 2.21 bits per heavy atom. The molecule has 0 saturated carbocycles. The summed E-state index contributed by atoms with van der Waals surface area (Å²) in [7, 11) is 1.37. The molecule has 3 aromatic rings. The van der Waals surface area contributed by atoms with Gasteiger partial charge in [-0.1, -0.05) is 11.6 Å². The maximum absolute atomic E-state index is 13.2. The van der Waals surface area contributed by atoms with Crippen molar-refractivity contribution in [2.45, 2.75) is 12.5 Å². The number of rotatable bonds is 4. The Kier molecular flexibility index (Phi) is 5.09. The van der Waals surface area contributed by atoms with Crippen LogP contribution in [0.5, 0.6) is 5.75 Å². The number of benzene rings is 2. The van der Waals surface area contributed by atoms with E-state index in [9.17, 15) is 14.3 Å².